The van der Waals surface area contributed by atoms with Crippen molar-refractivity contribution in [1.29, 1.82) is 0 Å². The van der Waals surface area contributed by atoms with Crippen molar-refractivity contribution in [3.8, 4) is 0 Å². The summed E-state index contributed by atoms with van der Waals surface area (Å²) in [6, 6.07) is 7.36. The standard InChI is InChI=1S/C17H27NO5S/c1-3-4-5-10-16(23-24(20,21)22)13(2)18-12-11-14-8-6-7-9-15(14)17(18)19/h6-9,13,16-17,19H,3-5,10-12H2,1-2H3,(H,20,21,22). The Morgan fingerprint density at radius 2 is 2.04 bits per heavy atom. The molecule has 2 rings (SSSR count). The third-order valence-electron chi connectivity index (χ3n) is 4.69. The van der Waals surface area contributed by atoms with Gasteiger partial charge in [-0.3, -0.25) is 9.45 Å². The maximum atomic E-state index is 11.2. The fourth-order valence-electron chi connectivity index (χ4n) is 3.33. The van der Waals surface area contributed by atoms with Gasteiger partial charge in [-0.1, -0.05) is 50.5 Å². The lowest BCUT2D eigenvalue weighted by molar-refractivity contribution is -0.0617. The molecular formula is C17H27NO5S. The van der Waals surface area contributed by atoms with Gasteiger partial charge in [0.2, 0.25) is 0 Å². The quantitative estimate of drug-likeness (QED) is 0.549. The molecule has 0 fully saturated rings. The minimum Gasteiger partial charge on any atom is -0.374 e. The lowest BCUT2D eigenvalue weighted by Crippen LogP contribution is -2.48. The van der Waals surface area contributed by atoms with E-state index in [4.69, 9.17) is 8.74 Å². The average Bonchev–Trinajstić information content (AvgIpc) is 2.53. The Morgan fingerprint density at radius 1 is 1.33 bits per heavy atom. The third kappa shape index (κ3) is 5.00. The van der Waals surface area contributed by atoms with Gasteiger partial charge in [-0.05, 0) is 30.9 Å². The van der Waals surface area contributed by atoms with Crippen LogP contribution in [0.1, 0.15) is 56.9 Å². The van der Waals surface area contributed by atoms with E-state index in [1.165, 1.54) is 0 Å². The molecule has 3 unspecified atom stereocenters. The highest BCUT2D eigenvalue weighted by Gasteiger charge is 2.34. The van der Waals surface area contributed by atoms with Crippen molar-refractivity contribution in [2.45, 2.75) is 64.3 Å². The molecule has 0 spiro atoms. The van der Waals surface area contributed by atoms with Crippen molar-refractivity contribution in [3.05, 3.63) is 35.4 Å². The summed E-state index contributed by atoms with van der Waals surface area (Å²) >= 11 is 0. The Labute approximate surface area is 144 Å². The molecule has 0 amide bonds. The van der Waals surface area contributed by atoms with Gasteiger partial charge in [0, 0.05) is 12.6 Å². The second-order valence-corrected chi connectivity index (χ2v) is 7.41. The molecule has 3 atom stereocenters. The van der Waals surface area contributed by atoms with Crippen LogP contribution < -0.4 is 0 Å². The molecule has 1 aromatic rings. The van der Waals surface area contributed by atoms with E-state index in [1.807, 2.05) is 36.1 Å². The minimum absolute atomic E-state index is 0.341. The summed E-state index contributed by atoms with van der Waals surface area (Å²) in [6.45, 7) is 4.50. The topological polar surface area (TPSA) is 87.1 Å². The van der Waals surface area contributed by atoms with E-state index in [0.29, 0.717) is 13.0 Å². The van der Waals surface area contributed by atoms with Crippen molar-refractivity contribution in [1.82, 2.24) is 4.90 Å². The highest BCUT2D eigenvalue weighted by atomic mass is 32.3. The number of rotatable bonds is 8. The van der Waals surface area contributed by atoms with Gasteiger partial charge in [0.1, 0.15) is 6.23 Å². The van der Waals surface area contributed by atoms with Crippen LogP contribution in [0.2, 0.25) is 0 Å². The highest BCUT2D eigenvalue weighted by molar-refractivity contribution is 7.80. The molecule has 136 valence electrons. The molecule has 0 saturated heterocycles. The maximum absolute atomic E-state index is 11.2. The van der Waals surface area contributed by atoms with Gasteiger partial charge < -0.3 is 5.11 Å². The summed E-state index contributed by atoms with van der Waals surface area (Å²) < 4.78 is 36.4. The molecule has 0 radical (unpaired) electrons. The second kappa shape index (κ2) is 8.40. The van der Waals surface area contributed by atoms with E-state index in [0.717, 1.165) is 36.8 Å². The smallest absolute Gasteiger partial charge is 0.374 e. The lowest BCUT2D eigenvalue weighted by atomic mass is 9.95. The number of hydrogen-bond donors (Lipinski definition) is 2. The molecule has 7 heteroatoms. The van der Waals surface area contributed by atoms with Crippen LogP contribution in [0.25, 0.3) is 0 Å². The molecule has 1 aliphatic rings. The summed E-state index contributed by atoms with van der Waals surface area (Å²) in [5.74, 6) is 0. The largest absolute Gasteiger partial charge is 0.397 e. The molecule has 2 N–H and O–H groups in total. The second-order valence-electron chi connectivity index (χ2n) is 6.36. The van der Waals surface area contributed by atoms with Crippen LogP contribution >= 0.6 is 0 Å². The lowest BCUT2D eigenvalue weighted by Gasteiger charge is -2.40. The summed E-state index contributed by atoms with van der Waals surface area (Å²) in [5.41, 5.74) is 1.95. The normalized spacial score (nSPS) is 21.2. The number of unbranched alkanes of at least 4 members (excludes halogenated alkanes) is 2. The van der Waals surface area contributed by atoms with E-state index >= 15 is 0 Å². The zero-order valence-corrected chi connectivity index (χ0v) is 15.1. The summed E-state index contributed by atoms with van der Waals surface area (Å²) in [6.07, 6.45) is 2.58. The van der Waals surface area contributed by atoms with Gasteiger partial charge >= 0.3 is 10.4 Å². The van der Waals surface area contributed by atoms with E-state index in [1.54, 1.807) is 0 Å². The number of aliphatic hydroxyl groups is 1. The summed E-state index contributed by atoms with van der Waals surface area (Å²) in [4.78, 5) is 1.84. The average molecular weight is 357 g/mol. The molecule has 0 saturated carbocycles. The van der Waals surface area contributed by atoms with Crippen LogP contribution in [0.5, 0.6) is 0 Å². The Morgan fingerprint density at radius 3 is 2.71 bits per heavy atom. The maximum Gasteiger partial charge on any atom is 0.397 e. The molecular weight excluding hydrogens is 330 g/mol. The van der Waals surface area contributed by atoms with Gasteiger partial charge in [-0.25, -0.2) is 4.18 Å². The highest BCUT2D eigenvalue weighted by Crippen LogP contribution is 2.31. The molecule has 1 heterocycles. The monoisotopic (exact) mass is 357 g/mol. The van der Waals surface area contributed by atoms with Crippen molar-refractivity contribution in [3.63, 3.8) is 0 Å². The molecule has 0 bridgehead atoms. The zero-order valence-electron chi connectivity index (χ0n) is 14.3. The van der Waals surface area contributed by atoms with Crippen LogP contribution in [0.15, 0.2) is 24.3 Å². The Bertz CT molecular complexity index is 634. The number of nitrogens with zero attached hydrogens (tertiary/aromatic N) is 1. The van der Waals surface area contributed by atoms with Crippen molar-refractivity contribution >= 4 is 10.4 Å². The van der Waals surface area contributed by atoms with Crippen LogP contribution in [0.4, 0.5) is 0 Å². The molecule has 0 aliphatic carbocycles. The van der Waals surface area contributed by atoms with Crippen LogP contribution in [-0.4, -0.2) is 41.7 Å². The molecule has 0 aromatic heterocycles. The number of benzene rings is 1. The Hall–Kier alpha value is -0.990. The third-order valence-corrected chi connectivity index (χ3v) is 5.18. The van der Waals surface area contributed by atoms with Crippen LogP contribution in [0.3, 0.4) is 0 Å². The SMILES string of the molecule is CCCCCC(OS(=O)(=O)O)C(C)N1CCc2ccccc2C1O. The van der Waals surface area contributed by atoms with Gasteiger partial charge in [-0.15, -0.1) is 0 Å². The van der Waals surface area contributed by atoms with E-state index < -0.39 is 22.7 Å². The predicted octanol–water partition coefficient (Wildman–Crippen LogP) is 2.69. The van der Waals surface area contributed by atoms with Crippen molar-refractivity contribution in [2.24, 2.45) is 0 Å². The predicted molar refractivity (Wildman–Crippen MR) is 91.8 cm³/mol. The fourth-order valence-corrected chi connectivity index (χ4v) is 3.90. The zero-order chi connectivity index (χ0) is 17.7. The first kappa shape index (κ1) is 19.3. The minimum atomic E-state index is -4.53. The van der Waals surface area contributed by atoms with E-state index in [2.05, 4.69) is 6.92 Å². The van der Waals surface area contributed by atoms with Crippen LogP contribution in [0, 0.1) is 0 Å². The fraction of sp³-hybridized carbons (Fsp3) is 0.647. The van der Waals surface area contributed by atoms with Gasteiger partial charge in [-0.2, -0.15) is 8.42 Å². The first-order valence-corrected chi connectivity index (χ1v) is 9.87. The van der Waals surface area contributed by atoms with Gasteiger partial charge in [0.15, 0.2) is 0 Å². The first-order valence-electron chi connectivity index (χ1n) is 8.50. The summed E-state index contributed by atoms with van der Waals surface area (Å²) in [5, 5.41) is 10.7. The number of hydrogen-bond acceptors (Lipinski definition) is 5. The van der Waals surface area contributed by atoms with E-state index in [-0.39, 0.29) is 6.04 Å². The Balaban J connectivity index is 2.14. The van der Waals surface area contributed by atoms with Crippen molar-refractivity contribution in [2.75, 3.05) is 6.54 Å². The Kier molecular flexibility index (Phi) is 6.77. The number of aliphatic hydroxyl groups excluding tert-OH is 1. The molecule has 6 nitrogen and oxygen atoms in total. The van der Waals surface area contributed by atoms with Gasteiger partial charge in [0.25, 0.3) is 0 Å². The van der Waals surface area contributed by atoms with Crippen molar-refractivity contribution < 1.29 is 22.3 Å². The van der Waals surface area contributed by atoms with Crippen LogP contribution in [-0.2, 0) is 21.0 Å². The molecule has 24 heavy (non-hydrogen) atoms. The molecule has 1 aromatic carbocycles. The van der Waals surface area contributed by atoms with E-state index in [9.17, 15) is 13.5 Å². The molecule has 1 aliphatic heterocycles. The van der Waals surface area contributed by atoms with Gasteiger partial charge in [0.05, 0.1) is 6.10 Å². The first-order chi connectivity index (χ1) is 11.3. The summed E-state index contributed by atoms with van der Waals surface area (Å²) in [7, 11) is -4.53. The number of fused-ring (bicyclic) bond motifs is 1.